The fourth-order valence-electron chi connectivity index (χ4n) is 3.38. The van der Waals surface area contributed by atoms with Crippen LogP contribution in [0, 0.1) is 0 Å². The fourth-order valence-corrected chi connectivity index (χ4v) is 6.25. The van der Waals surface area contributed by atoms with Gasteiger partial charge >= 0.3 is 0 Å². The smallest absolute Gasteiger partial charge is 0.239 e. The Morgan fingerprint density at radius 2 is 2.04 bits per heavy atom. The Kier molecular flexibility index (Phi) is 6.97. The highest BCUT2D eigenvalue weighted by molar-refractivity contribution is 14.1. The van der Waals surface area contributed by atoms with E-state index in [0.717, 1.165) is 0 Å². The SMILES string of the molecule is COCCN(N)C1=C(C(I)C(=O)N2CCOCC2)CS(=O)(=O)c2ccccc21. The molecule has 0 spiro atoms. The molecule has 2 N–H and O–H groups in total. The molecule has 2 aliphatic rings. The number of methoxy groups -OCH3 is 1. The van der Waals surface area contributed by atoms with Crippen LogP contribution in [0.15, 0.2) is 34.7 Å². The Labute approximate surface area is 178 Å². The molecular formula is C18H24IN3O5S. The molecule has 1 aromatic carbocycles. The van der Waals surface area contributed by atoms with Gasteiger partial charge in [0.2, 0.25) is 5.91 Å². The van der Waals surface area contributed by atoms with Crippen molar-refractivity contribution in [1.82, 2.24) is 9.91 Å². The summed E-state index contributed by atoms with van der Waals surface area (Å²) >= 11 is 2.02. The molecule has 2 aliphatic heterocycles. The van der Waals surface area contributed by atoms with Crippen molar-refractivity contribution >= 4 is 44.0 Å². The molecule has 1 saturated heterocycles. The van der Waals surface area contributed by atoms with Gasteiger partial charge in [0.15, 0.2) is 9.84 Å². The van der Waals surface area contributed by atoms with Crippen LogP contribution in [0.5, 0.6) is 0 Å². The van der Waals surface area contributed by atoms with E-state index in [2.05, 4.69) is 0 Å². The van der Waals surface area contributed by atoms with Crippen LogP contribution in [-0.2, 0) is 24.1 Å². The minimum Gasteiger partial charge on any atom is -0.383 e. The van der Waals surface area contributed by atoms with Crippen molar-refractivity contribution in [3.8, 4) is 0 Å². The molecule has 28 heavy (non-hydrogen) atoms. The molecule has 1 aromatic rings. The topological polar surface area (TPSA) is 102 Å². The van der Waals surface area contributed by atoms with E-state index in [4.69, 9.17) is 15.3 Å². The molecular weight excluding hydrogens is 497 g/mol. The summed E-state index contributed by atoms with van der Waals surface area (Å²) in [6.07, 6.45) is 0. The molecule has 2 heterocycles. The number of alkyl halides is 1. The van der Waals surface area contributed by atoms with Crippen LogP contribution in [0.1, 0.15) is 5.56 Å². The third-order valence-electron chi connectivity index (χ3n) is 4.80. The first-order valence-electron chi connectivity index (χ1n) is 8.94. The van der Waals surface area contributed by atoms with E-state index in [9.17, 15) is 13.2 Å². The summed E-state index contributed by atoms with van der Waals surface area (Å²) in [5, 5.41) is 1.49. The third kappa shape index (κ3) is 4.35. The summed E-state index contributed by atoms with van der Waals surface area (Å²) in [7, 11) is -1.98. The predicted molar refractivity (Wildman–Crippen MR) is 113 cm³/mol. The lowest BCUT2D eigenvalue weighted by Crippen LogP contribution is -2.46. The van der Waals surface area contributed by atoms with Crippen molar-refractivity contribution in [3.63, 3.8) is 0 Å². The van der Waals surface area contributed by atoms with E-state index in [0.29, 0.717) is 56.3 Å². The number of hydrogen-bond donors (Lipinski definition) is 1. The number of hydrazine groups is 1. The molecule has 0 saturated carbocycles. The first-order valence-corrected chi connectivity index (χ1v) is 11.8. The zero-order chi connectivity index (χ0) is 20.3. The Morgan fingerprint density at radius 1 is 1.36 bits per heavy atom. The quantitative estimate of drug-likeness (QED) is 0.254. The number of carbonyl (C=O) groups is 1. The summed E-state index contributed by atoms with van der Waals surface area (Å²) < 4.78 is 35.6. The molecule has 1 fully saturated rings. The standard InChI is InChI=1S/C18H24IN3O5S/c1-26-9-8-22(20)17-13-4-2-3-5-15(13)28(24,25)12-14(17)16(19)18(23)21-6-10-27-11-7-21/h2-5,16H,6-12,20H2,1H3. The van der Waals surface area contributed by atoms with Gasteiger partial charge in [-0.25, -0.2) is 14.3 Å². The van der Waals surface area contributed by atoms with Crippen molar-refractivity contribution < 1.29 is 22.7 Å². The Balaban J connectivity index is 2.06. The summed E-state index contributed by atoms with van der Waals surface area (Å²) in [6, 6.07) is 6.77. The molecule has 0 aromatic heterocycles. The Hall–Kier alpha value is -1.21. The summed E-state index contributed by atoms with van der Waals surface area (Å²) in [5.41, 5.74) is 1.62. The average molecular weight is 521 g/mol. The second-order valence-corrected chi connectivity index (χ2v) is 9.82. The number of benzene rings is 1. The zero-order valence-electron chi connectivity index (χ0n) is 15.6. The first kappa shape index (κ1) is 21.5. The van der Waals surface area contributed by atoms with Crippen molar-refractivity contribution in [3.05, 3.63) is 35.4 Å². The predicted octanol–water partition coefficient (Wildman–Crippen LogP) is 0.670. The van der Waals surface area contributed by atoms with Gasteiger partial charge < -0.3 is 19.4 Å². The van der Waals surface area contributed by atoms with Gasteiger partial charge in [0.05, 0.1) is 42.7 Å². The summed E-state index contributed by atoms with van der Waals surface area (Å²) in [5.74, 6) is 5.95. The number of carbonyl (C=O) groups excluding carboxylic acids is 1. The van der Waals surface area contributed by atoms with Crippen molar-refractivity contribution in [1.29, 1.82) is 0 Å². The van der Waals surface area contributed by atoms with Crippen molar-refractivity contribution in [2.75, 3.05) is 52.3 Å². The highest BCUT2D eigenvalue weighted by Gasteiger charge is 2.38. The maximum atomic E-state index is 13.1. The van der Waals surface area contributed by atoms with Gasteiger partial charge in [-0.3, -0.25) is 4.79 Å². The van der Waals surface area contributed by atoms with Crippen LogP contribution < -0.4 is 5.84 Å². The molecule has 0 aliphatic carbocycles. The third-order valence-corrected chi connectivity index (χ3v) is 7.80. The Morgan fingerprint density at radius 3 is 2.71 bits per heavy atom. The van der Waals surface area contributed by atoms with Crippen LogP contribution >= 0.6 is 22.6 Å². The second-order valence-electron chi connectivity index (χ2n) is 6.62. The number of amides is 1. The Bertz CT molecular complexity index is 868. The van der Waals surface area contributed by atoms with Gasteiger partial charge in [0.1, 0.15) is 3.92 Å². The summed E-state index contributed by atoms with van der Waals surface area (Å²) in [4.78, 5) is 15.0. The van der Waals surface area contributed by atoms with E-state index in [1.54, 1.807) is 36.3 Å². The van der Waals surface area contributed by atoms with E-state index in [-0.39, 0.29) is 16.6 Å². The van der Waals surface area contributed by atoms with Gasteiger partial charge in [-0.1, -0.05) is 40.8 Å². The molecule has 1 unspecified atom stereocenters. The minimum absolute atomic E-state index is 0.119. The molecule has 1 atom stereocenters. The molecule has 154 valence electrons. The molecule has 0 radical (unpaired) electrons. The maximum absolute atomic E-state index is 13.1. The largest absolute Gasteiger partial charge is 0.383 e. The molecule has 3 rings (SSSR count). The lowest BCUT2D eigenvalue weighted by atomic mass is 10.0. The van der Waals surface area contributed by atoms with E-state index >= 15 is 0 Å². The molecule has 0 bridgehead atoms. The lowest BCUT2D eigenvalue weighted by molar-refractivity contribution is -0.133. The molecule has 8 nitrogen and oxygen atoms in total. The van der Waals surface area contributed by atoms with Gasteiger partial charge in [0.25, 0.3) is 0 Å². The van der Waals surface area contributed by atoms with Crippen molar-refractivity contribution in [2.45, 2.75) is 8.82 Å². The molecule has 10 heteroatoms. The van der Waals surface area contributed by atoms with E-state index < -0.39 is 13.8 Å². The number of nitrogens with zero attached hydrogens (tertiary/aromatic N) is 2. The van der Waals surface area contributed by atoms with Gasteiger partial charge in [0, 0.05) is 25.8 Å². The van der Waals surface area contributed by atoms with Gasteiger partial charge in [-0.2, -0.15) is 0 Å². The highest BCUT2D eigenvalue weighted by atomic mass is 127. The fraction of sp³-hybridized carbons (Fsp3) is 0.500. The highest BCUT2D eigenvalue weighted by Crippen LogP contribution is 2.38. The van der Waals surface area contributed by atoms with Crippen LogP contribution in [0.2, 0.25) is 0 Å². The zero-order valence-corrected chi connectivity index (χ0v) is 18.6. The summed E-state index contributed by atoms with van der Waals surface area (Å²) in [6.45, 7) is 2.73. The van der Waals surface area contributed by atoms with Crippen molar-refractivity contribution in [2.24, 2.45) is 5.84 Å². The van der Waals surface area contributed by atoms with E-state index in [1.807, 2.05) is 22.6 Å². The van der Waals surface area contributed by atoms with Crippen LogP contribution in [0.25, 0.3) is 5.70 Å². The van der Waals surface area contributed by atoms with Crippen LogP contribution in [0.4, 0.5) is 0 Å². The number of rotatable bonds is 6. The minimum atomic E-state index is -3.56. The molecule has 1 amide bonds. The number of nitrogens with two attached hydrogens (primary N) is 1. The van der Waals surface area contributed by atoms with Gasteiger partial charge in [-0.15, -0.1) is 0 Å². The normalized spacial score (nSPS) is 19.9. The maximum Gasteiger partial charge on any atom is 0.239 e. The van der Waals surface area contributed by atoms with Gasteiger partial charge in [-0.05, 0) is 11.6 Å². The number of morpholine rings is 1. The average Bonchev–Trinajstić information content (AvgIpc) is 2.71. The van der Waals surface area contributed by atoms with E-state index in [1.165, 1.54) is 5.01 Å². The lowest BCUT2D eigenvalue weighted by Gasteiger charge is -2.34. The monoisotopic (exact) mass is 521 g/mol. The number of hydrogen-bond acceptors (Lipinski definition) is 7. The number of halogens is 1. The number of ether oxygens (including phenoxy) is 2. The van der Waals surface area contributed by atoms with Crippen LogP contribution in [0.3, 0.4) is 0 Å². The first-order chi connectivity index (χ1) is 13.4. The number of sulfone groups is 1. The number of fused-ring (bicyclic) bond motifs is 1. The second kappa shape index (κ2) is 9.08. The van der Waals surface area contributed by atoms with Crippen LogP contribution in [-0.4, -0.2) is 80.5 Å².